The highest BCUT2D eigenvalue weighted by Gasteiger charge is 2.30. The Morgan fingerprint density at radius 2 is 1.68 bits per heavy atom. The number of nitrogens with zero attached hydrogens (tertiary/aromatic N) is 3. The molecule has 3 aromatic rings. The summed E-state index contributed by atoms with van der Waals surface area (Å²) in [7, 11) is 3.07. The second-order valence-corrected chi connectivity index (χ2v) is 11.5. The monoisotopic (exact) mass is 565 g/mol. The van der Waals surface area contributed by atoms with Gasteiger partial charge in [-0.05, 0) is 82.3 Å². The number of benzene rings is 2. The normalized spacial score (nSPS) is 15.6. The van der Waals surface area contributed by atoms with E-state index >= 15 is 0 Å². The van der Waals surface area contributed by atoms with Crippen LogP contribution in [0.25, 0.3) is 10.9 Å². The van der Waals surface area contributed by atoms with E-state index in [2.05, 4.69) is 0 Å². The molecule has 2 aromatic carbocycles. The molecule has 2 heterocycles. The first-order valence-corrected chi connectivity index (χ1v) is 13.9. The second kappa shape index (κ2) is 12.2. The maximum atomic E-state index is 14.1. The van der Waals surface area contributed by atoms with Gasteiger partial charge in [0.25, 0.3) is 5.56 Å². The zero-order valence-electron chi connectivity index (χ0n) is 24.7. The van der Waals surface area contributed by atoms with Gasteiger partial charge < -0.3 is 23.9 Å². The summed E-state index contributed by atoms with van der Waals surface area (Å²) in [5, 5.41) is 0.389. The number of carbonyl (C=O) groups excluding carboxylic acids is 2. The van der Waals surface area contributed by atoms with Crippen LogP contribution in [0.2, 0.25) is 0 Å². The minimum Gasteiger partial charge on any atom is -0.493 e. The molecule has 0 radical (unpaired) electrons. The zero-order valence-corrected chi connectivity index (χ0v) is 24.7. The number of amides is 1. The Labute approximate surface area is 239 Å². The molecule has 0 saturated carbocycles. The number of hydrogen-bond donors (Lipinski definition) is 0. The van der Waals surface area contributed by atoms with Gasteiger partial charge in [-0.3, -0.25) is 13.9 Å². The topological polar surface area (TPSA) is 109 Å². The van der Waals surface area contributed by atoms with Gasteiger partial charge in [0, 0.05) is 19.5 Å². The number of carbonyl (C=O) groups is 2. The van der Waals surface area contributed by atoms with E-state index in [4.69, 9.17) is 14.2 Å². The number of rotatable bonds is 8. The van der Waals surface area contributed by atoms with Crippen LogP contribution in [0.4, 0.5) is 4.79 Å². The molecule has 10 heteroatoms. The van der Waals surface area contributed by atoms with Crippen molar-refractivity contribution in [2.45, 2.75) is 71.6 Å². The van der Waals surface area contributed by atoms with Gasteiger partial charge in [-0.2, -0.15) is 0 Å². The molecule has 1 amide bonds. The molecular formula is C31H39N3O7. The molecule has 10 nitrogen and oxygen atoms in total. The third kappa shape index (κ3) is 6.81. The average Bonchev–Trinajstić information content (AvgIpc) is 2.93. The molecule has 1 aromatic heterocycles. The Kier molecular flexibility index (Phi) is 8.89. The molecule has 0 spiro atoms. The van der Waals surface area contributed by atoms with E-state index < -0.39 is 22.9 Å². The minimum atomic E-state index is -0.642. The molecule has 220 valence electrons. The molecular weight excluding hydrogens is 526 g/mol. The van der Waals surface area contributed by atoms with E-state index in [0.29, 0.717) is 60.2 Å². The van der Waals surface area contributed by atoms with Gasteiger partial charge in [0.2, 0.25) is 0 Å². The first-order valence-electron chi connectivity index (χ1n) is 13.9. The number of ketones is 1. The number of piperidine rings is 1. The number of ether oxygens (including phenoxy) is 3. The summed E-state index contributed by atoms with van der Waals surface area (Å²) in [6.45, 7) is 7.82. The summed E-state index contributed by atoms with van der Waals surface area (Å²) in [4.78, 5) is 54.0. The van der Waals surface area contributed by atoms with Gasteiger partial charge in [-0.25, -0.2) is 9.59 Å². The first kappa shape index (κ1) is 29.9. The lowest BCUT2D eigenvalue weighted by Crippen LogP contribution is -2.48. The van der Waals surface area contributed by atoms with E-state index in [1.165, 1.54) is 18.6 Å². The highest BCUT2D eigenvalue weighted by molar-refractivity contribution is 5.80. The fraction of sp³-hybridized carbons (Fsp3) is 0.484. The molecule has 1 atom stereocenters. The van der Waals surface area contributed by atoms with Crippen LogP contribution >= 0.6 is 0 Å². The first-order chi connectivity index (χ1) is 19.4. The average molecular weight is 566 g/mol. The molecule has 0 N–H and O–H groups in total. The van der Waals surface area contributed by atoms with Gasteiger partial charge in [0.05, 0.1) is 37.7 Å². The van der Waals surface area contributed by atoms with Crippen molar-refractivity contribution < 1.29 is 23.8 Å². The van der Waals surface area contributed by atoms with Crippen LogP contribution in [-0.4, -0.2) is 58.8 Å². The Bertz CT molecular complexity index is 1560. The third-order valence-corrected chi connectivity index (χ3v) is 7.20. The SMILES string of the molecule is COc1ccc(Cn2c(=O)c3cc(CCC(C)=O)ccc3n(C3CCCN(C(=O)OC(C)(C)C)C3)c2=O)cc1OC. The second-order valence-electron chi connectivity index (χ2n) is 11.5. The lowest BCUT2D eigenvalue weighted by Gasteiger charge is -2.35. The lowest BCUT2D eigenvalue weighted by atomic mass is 10.0. The maximum absolute atomic E-state index is 14.1. The zero-order chi connectivity index (χ0) is 29.9. The van der Waals surface area contributed by atoms with Crippen molar-refractivity contribution in [1.29, 1.82) is 0 Å². The van der Waals surface area contributed by atoms with Crippen molar-refractivity contribution in [2.24, 2.45) is 0 Å². The summed E-state index contributed by atoms with van der Waals surface area (Å²) in [5.74, 6) is 1.09. The summed E-state index contributed by atoms with van der Waals surface area (Å²) in [5.41, 5.74) is 0.527. The van der Waals surface area contributed by atoms with Crippen molar-refractivity contribution in [3.8, 4) is 11.5 Å². The molecule has 1 unspecified atom stereocenters. The highest BCUT2D eigenvalue weighted by atomic mass is 16.6. The quantitative estimate of drug-likeness (QED) is 0.400. The number of aryl methyl sites for hydroxylation is 1. The molecule has 41 heavy (non-hydrogen) atoms. The van der Waals surface area contributed by atoms with Gasteiger partial charge in [0.15, 0.2) is 11.5 Å². The number of Topliss-reactive ketones (excluding diaryl/α,β-unsaturated/α-hetero) is 1. The molecule has 4 rings (SSSR count). The molecule has 1 aliphatic heterocycles. The molecule has 0 aliphatic carbocycles. The molecule has 1 aliphatic rings. The Balaban J connectivity index is 1.83. The predicted molar refractivity (Wildman–Crippen MR) is 156 cm³/mol. The van der Waals surface area contributed by atoms with Crippen molar-refractivity contribution >= 4 is 22.8 Å². The Morgan fingerprint density at radius 3 is 2.34 bits per heavy atom. The predicted octanol–water partition coefficient (Wildman–Crippen LogP) is 4.32. The van der Waals surface area contributed by atoms with E-state index in [-0.39, 0.29) is 24.9 Å². The summed E-state index contributed by atoms with van der Waals surface area (Å²) < 4.78 is 19.2. The lowest BCUT2D eigenvalue weighted by molar-refractivity contribution is -0.116. The fourth-order valence-electron chi connectivity index (χ4n) is 5.22. The van der Waals surface area contributed by atoms with E-state index in [0.717, 1.165) is 5.56 Å². The molecule has 0 bridgehead atoms. The minimum absolute atomic E-state index is 0.0220. The number of fused-ring (bicyclic) bond motifs is 1. The third-order valence-electron chi connectivity index (χ3n) is 7.20. The van der Waals surface area contributed by atoms with Crippen molar-refractivity contribution in [3.63, 3.8) is 0 Å². The molecule has 1 saturated heterocycles. The number of aromatic nitrogens is 2. The van der Waals surface area contributed by atoms with Gasteiger partial charge in [-0.1, -0.05) is 12.1 Å². The van der Waals surface area contributed by atoms with Crippen LogP contribution in [0.15, 0.2) is 46.0 Å². The van der Waals surface area contributed by atoms with Crippen LogP contribution in [0, 0.1) is 0 Å². The smallest absolute Gasteiger partial charge is 0.410 e. The van der Waals surface area contributed by atoms with Crippen LogP contribution < -0.4 is 20.7 Å². The number of likely N-dealkylation sites (tertiary alicyclic amines) is 1. The van der Waals surface area contributed by atoms with E-state index in [9.17, 15) is 19.2 Å². The van der Waals surface area contributed by atoms with Gasteiger partial charge in [-0.15, -0.1) is 0 Å². The highest BCUT2D eigenvalue weighted by Crippen LogP contribution is 2.28. The fourth-order valence-corrected chi connectivity index (χ4v) is 5.22. The van der Waals surface area contributed by atoms with Crippen LogP contribution in [-0.2, 0) is 22.5 Å². The Hall–Kier alpha value is -4.08. The standard InChI is InChI=1S/C31H39N3O7/c1-20(35)9-10-21-11-13-25-24(16-21)28(36)33(18-22-12-14-26(39-5)27(17-22)40-6)29(37)34(25)23-8-7-15-32(19-23)30(38)41-31(2,3)4/h11-14,16-17,23H,7-10,15,18-19H2,1-6H3. The van der Waals surface area contributed by atoms with Crippen LogP contribution in [0.1, 0.15) is 64.1 Å². The van der Waals surface area contributed by atoms with Crippen LogP contribution in [0.5, 0.6) is 11.5 Å². The number of hydrogen-bond acceptors (Lipinski definition) is 7. The van der Waals surface area contributed by atoms with Gasteiger partial charge in [0.1, 0.15) is 11.4 Å². The Morgan fingerprint density at radius 1 is 0.976 bits per heavy atom. The summed E-state index contributed by atoms with van der Waals surface area (Å²) in [6, 6.07) is 10.3. The largest absolute Gasteiger partial charge is 0.493 e. The summed E-state index contributed by atoms with van der Waals surface area (Å²) >= 11 is 0. The van der Waals surface area contributed by atoms with Crippen LogP contribution in [0.3, 0.4) is 0 Å². The summed E-state index contributed by atoms with van der Waals surface area (Å²) in [6.07, 6.45) is 1.77. The van der Waals surface area contributed by atoms with Crippen molar-refractivity contribution in [2.75, 3.05) is 27.3 Å². The van der Waals surface area contributed by atoms with Gasteiger partial charge >= 0.3 is 11.8 Å². The molecule has 1 fully saturated rings. The number of methoxy groups -OCH3 is 2. The van der Waals surface area contributed by atoms with E-state index in [1.54, 1.807) is 46.9 Å². The van der Waals surface area contributed by atoms with E-state index in [1.807, 2.05) is 26.8 Å². The maximum Gasteiger partial charge on any atom is 0.410 e. The van der Waals surface area contributed by atoms with Crippen molar-refractivity contribution in [1.82, 2.24) is 14.0 Å². The van der Waals surface area contributed by atoms with Crippen molar-refractivity contribution in [3.05, 3.63) is 68.4 Å².